The number of hydrogen-bond acceptors (Lipinski definition) is 3. The Morgan fingerprint density at radius 3 is 3.12 bits per heavy atom. The van der Waals surface area contributed by atoms with Gasteiger partial charge in [0, 0.05) is 6.54 Å². The molecule has 1 saturated carbocycles. The van der Waals surface area contributed by atoms with E-state index in [1.807, 2.05) is 6.07 Å². The summed E-state index contributed by atoms with van der Waals surface area (Å²) >= 11 is 7.00. The molecule has 2 aromatic rings. The van der Waals surface area contributed by atoms with E-state index in [4.69, 9.17) is 12.2 Å². The zero-order chi connectivity index (χ0) is 11.7. The van der Waals surface area contributed by atoms with E-state index in [-0.39, 0.29) is 0 Å². The number of nitrogens with one attached hydrogen (secondary N) is 1. The summed E-state index contributed by atoms with van der Waals surface area (Å²) in [6, 6.07) is 4.14. The number of hydrogen-bond donors (Lipinski definition) is 1. The van der Waals surface area contributed by atoms with Crippen LogP contribution in [0.25, 0.3) is 10.7 Å². The van der Waals surface area contributed by atoms with Crippen molar-refractivity contribution in [3.8, 4) is 10.7 Å². The average molecular weight is 265 g/mol. The van der Waals surface area contributed by atoms with Crippen molar-refractivity contribution in [1.29, 1.82) is 0 Å². The average Bonchev–Trinajstić information content (AvgIpc) is 2.85. The van der Waals surface area contributed by atoms with Gasteiger partial charge >= 0.3 is 0 Å². The summed E-state index contributed by atoms with van der Waals surface area (Å²) in [5.74, 6) is 1.97. The lowest BCUT2D eigenvalue weighted by atomic mass is 10.2. The molecule has 17 heavy (non-hydrogen) atoms. The molecular weight excluding hydrogens is 250 g/mol. The number of nitrogens with zero attached hydrogens (tertiary/aromatic N) is 2. The van der Waals surface area contributed by atoms with Gasteiger partial charge in [-0.3, -0.25) is 9.67 Å². The van der Waals surface area contributed by atoms with Gasteiger partial charge in [-0.05, 0) is 42.4 Å². The van der Waals surface area contributed by atoms with E-state index in [1.54, 1.807) is 11.3 Å². The van der Waals surface area contributed by atoms with Crippen LogP contribution in [-0.4, -0.2) is 14.8 Å². The molecule has 90 valence electrons. The third-order valence-electron chi connectivity index (χ3n) is 3.19. The molecule has 1 aliphatic carbocycles. The molecule has 5 heteroatoms. The zero-order valence-corrected chi connectivity index (χ0v) is 11.2. The summed E-state index contributed by atoms with van der Waals surface area (Å²) in [6.45, 7) is 0.985. The topological polar surface area (TPSA) is 33.6 Å². The Morgan fingerprint density at radius 2 is 2.41 bits per heavy atom. The number of aromatic amines is 1. The van der Waals surface area contributed by atoms with E-state index in [9.17, 15) is 0 Å². The Labute approximate surface area is 109 Å². The number of H-pyrrole nitrogens is 1. The number of rotatable bonds is 5. The predicted molar refractivity (Wildman–Crippen MR) is 72.7 cm³/mol. The molecule has 0 radical (unpaired) electrons. The normalized spacial score (nSPS) is 15.3. The fourth-order valence-electron chi connectivity index (χ4n) is 2.06. The lowest BCUT2D eigenvalue weighted by molar-refractivity contribution is 0.576. The van der Waals surface area contributed by atoms with Crippen molar-refractivity contribution >= 4 is 23.6 Å². The monoisotopic (exact) mass is 265 g/mol. The smallest absolute Gasteiger partial charge is 0.195 e. The van der Waals surface area contributed by atoms with E-state index in [0.29, 0.717) is 0 Å². The predicted octanol–water partition coefficient (Wildman–Crippen LogP) is 3.86. The molecule has 0 amide bonds. The third kappa shape index (κ3) is 2.50. The van der Waals surface area contributed by atoms with E-state index in [0.717, 1.165) is 23.1 Å². The minimum absolute atomic E-state index is 0.740. The molecule has 1 N–H and O–H groups in total. The highest BCUT2D eigenvalue weighted by atomic mass is 32.1. The maximum absolute atomic E-state index is 5.29. The molecule has 1 fully saturated rings. The Morgan fingerprint density at radius 1 is 1.53 bits per heavy atom. The molecule has 3 rings (SSSR count). The van der Waals surface area contributed by atoms with E-state index in [1.165, 1.54) is 30.6 Å². The van der Waals surface area contributed by atoms with Crippen LogP contribution < -0.4 is 0 Å². The van der Waals surface area contributed by atoms with Gasteiger partial charge in [0.2, 0.25) is 0 Å². The Hall–Kier alpha value is -0.940. The van der Waals surface area contributed by atoms with Gasteiger partial charge in [0.15, 0.2) is 10.6 Å². The van der Waals surface area contributed by atoms with Gasteiger partial charge in [-0.1, -0.05) is 18.9 Å². The van der Waals surface area contributed by atoms with Gasteiger partial charge in [-0.15, -0.1) is 11.3 Å². The fourth-order valence-corrected chi connectivity index (χ4v) is 3.01. The van der Waals surface area contributed by atoms with E-state index in [2.05, 4.69) is 26.2 Å². The highest BCUT2D eigenvalue weighted by Crippen LogP contribution is 2.33. The lowest BCUT2D eigenvalue weighted by Crippen LogP contribution is -2.00. The van der Waals surface area contributed by atoms with Gasteiger partial charge in [0.25, 0.3) is 0 Å². The largest absolute Gasteiger partial charge is 0.299 e. The van der Waals surface area contributed by atoms with Crippen molar-refractivity contribution in [2.75, 3.05) is 0 Å². The van der Waals surface area contributed by atoms with Gasteiger partial charge in [0.05, 0.1) is 4.88 Å². The number of thiophene rings is 1. The molecular formula is C12H15N3S2. The van der Waals surface area contributed by atoms with E-state index < -0.39 is 0 Å². The molecule has 0 unspecified atom stereocenters. The van der Waals surface area contributed by atoms with Crippen LogP contribution in [0.15, 0.2) is 17.5 Å². The summed E-state index contributed by atoms with van der Waals surface area (Å²) < 4.78 is 2.87. The second-order valence-electron chi connectivity index (χ2n) is 4.57. The van der Waals surface area contributed by atoms with Crippen LogP contribution in [0.1, 0.15) is 25.7 Å². The molecule has 0 bridgehead atoms. The Kier molecular flexibility index (Phi) is 3.11. The van der Waals surface area contributed by atoms with Gasteiger partial charge in [0.1, 0.15) is 0 Å². The number of aromatic nitrogens is 3. The van der Waals surface area contributed by atoms with Crippen LogP contribution in [0.2, 0.25) is 0 Å². The first kappa shape index (κ1) is 11.2. The zero-order valence-electron chi connectivity index (χ0n) is 9.56. The van der Waals surface area contributed by atoms with E-state index >= 15 is 0 Å². The molecule has 0 saturated heterocycles. The van der Waals surface area contributed by atoms with Crippen LogP contribution in [0, 0.1) is 10.7 Å². The third-order valence-corrected chi connectivity index (χ3v) is 4.37. The maximum Gasteiger partial charge on any atom is 0.195 e. The Balaban J connectivity index is 1.77. The first-order valence-corrected chi connectivity index (χ1v) is 7.32. The van der Waals surface area contributed by atoms with Crippen LogP contribution in [0.5, 0.6) is 0 Å². The fraction of sp³-hybridized carbons (Fsp3) is 0.500. The molecule has 0 spiro atoms. The SMILES string of the molecule is S=c1[nH]nc(-c2cccs2)n1CCCC1CC1. The molecule has 3 nitrogen and oxygen atoms in total. The standard InChI is InChI=1S/C12H15N3S2/c16-12-14-13-11(10-4-2-8-17-10)15(12)7-1-3-9-5-6-9/h2,4,8-9H,1,3,5-7H2,(H,14,16). The van der Waals surface area contributed by atoms with Crippen LogP contribution >= 0.6 is 23.6 Å². The van der Waals surface area contributed by atoms with Crippen LogP contribution in [0.3, 0.4) is 0 Å². The van der Waals surface area contributed by atoms with Crippen molar-refractivity contribution in [3.63, 3.8) is 0 Å². The Bertz CT molecular complexity index is 534. The maximum atomic E-state index is 5.29. The van der Waals surface area contributed by atoms with Crippen molar-refractivity contribution in [2.24, 2.45) is 5.92 Å². The summed E-state index contributed by atoms with van der Waals surface area (Å²) in [5.41, 5.74) is 0. The first-order chi connectivity index (χ1) is 8.34. The molecule has 0 aliphatic heterocycles. The molecule has 2 heterocycles. The molecule has 0 aromatic carbocycles. The van der Waals surface area contributed by atoms with Gasteiger partial charge in [-0.2, -0.15) is 5.10 Å². The molecule has 2 aromatic heterocycles. The van der Waals surface area contributed by atoms with Crippen LogP contribution in [0.4, 0.5) is 0 Å². The lowest BCUT2D eigenvalue weighted by Gasteiger charge is -2.04. The van der Waals surface area contributed by atoms with Gasteiger partial charge < -0.3 is 0 Å². The summed E-state index contributed by atoms with van der Waals surface area (Å²) in [4.78, 5) is 1.18. The first-order valence-electron chi connectivity index (χ1n) is 6.03. The van der Waals surface area contributed by atoms with Crippen molar-refractivity contribution in [2.45, 2.75) is 32.2 Å². The highest BCUT2D eigenvalue weighted by molar-refractivity contribution is 7.71. The highest BCUT2D eigenvalue weighted by Gasteiger charge is 2.20. The van der Waals surface area contributed by atoms with Crippen molar-refractivity contribution in [3.05, 3.63) is 22.3 Å². The second kappa shape index (κ2) is 4.74. The molecule has 0 atom stereocenters. The van der Waals surface area contributed by atoms with Crippen molar-refractivity contribution in [1.82, 2.24) is 14.8 Å². The summed E-state index contributed by atoms with van der Waals surface area (Å²) in [6.07, 6.45) is 5.39. The molecule has 1 aliphatic rings. The minimum atomic E-state index is 0.740. The quantitative estimate of drug-likeness (QED) is 0.833. The van der Waals surface area contributed by atoms with Crippen LogP contribution in [-0.2, 0) is 6.54 Å². The van der Waals surface area contributed by atoms with Gasteiger partial charge in [-0.25, -0.2) is 0 Å². The summed E-state index contributed by atoms with van der Waals surface area (Å²) in [7, 11) is 0. The van der Waals surface area contributed by atoms with Crippen molar-refractivity contribution < 1.29 is 0 Å². The summed E-state index contributed by atoms with van der Waals surface area (Å²) in [5, 5.41) is 9.30. The second-order valence-corrected chi connectivity index (χ2v) is 5.90. The minimum Gasteiger partial charge on any atom is -0.299 e.